The van der Waals surface area contributed by atoms with Crippen molar-refractivity contribution in [2.24, 2.45) is 0 Å². The second-order valence-corrected chi connectivity index (χ2v) is 6.77. The molecule has 0 radical (unpaired) electrons. The van der Waals surface area contributed by atoms with Crippen molar-refractivity contribution in [1.29, 1.82) is 0 Å². The maximum absolute atomic E-state index is 12.1. The molecule has 0 spiro atoms. The van der Waals surface area contributed by atoms with Gasteiger partial charge in [-0.3, -0.25) is 9.69 Å². The number of benzene rings is 1. The standard InChI is InChI=1S/C18H23N3OS/c1-2-21-10-6-9-16(21)12-19-17(22)11-15-13-23-18(20-15)14-7-4-3-5-8-14/h3-5,7-8,13,16H,2,6,9-12H2,1H3,(H,19,22)/t16-/m0/s1. The second kappa shape index (κ2) is 7.70. The van der Waals surface area contributed by atoms with Gasteiger partial charge in [-0.05, 0) is 25.9 Å². The zero-order valence-electron chi connectivity index (χ0n) is 13.5. The molecule has 1 aromatic carbocycles. The lowest BCUT2D eigenvalue weighted by Gasteiger charge is -2.22. The molecule has 1 fully saturated rings. The fraction of sp³-hybridized carbons (Fsp3) is 0.444. The van der Waals surface area contributed by atoms with E-state index in [-0.39, 0.29) is 5.91 Å². The summed E-state index contributed by atoms with van der Waals surface area (Å²) in [6.45, 7) is 5.15. The van der Waals surface area contributed by atoms with Crippen LogP contribution in [0, 0.1) is 0 Å². The van der Waals surface area contributed by atoms with E-state index < -0.39 is 0 Å². The van der Waals surface area contributed by atoms with Gasteiger partial charge in [-0.25, -0.2) is 4.98 Å². The number of likely N-dealkylation sites (N-methyl/N-ethyl adjacent to an activating group) is 1. The Bertz CT molecular complexity index is 641. The molecule has 23 heavy (non-hydrogen) atoms. The molecular weight excluding hydrogens is 306 g/mol. The van der Waals surface area contributed by atoms with Crippen LogP contribution in [0.25, 0.3) is 10.6 Å². The molecule has 1 aromatic heterocycles. The van der Waals surface area contributed by atoms with Crippen LogP contribution in [0.2, 0.25) is 0 Å². The predicted molar refractivity (Wildman–Crippen MR) is 94.5 cm³/mol. The highest BCUT2D eigenvalue weighted by Gasteiger charge is 2.23. The fourth-order valence-corrected chi connectivity index (χ4v) is 3.93. The van der Waals surface area contributed by atoms with Crippen LogP contribution >= 0.6 is 11.3 Å². The van der Waals surface area contributed by atoms with E-state index in [0.29, 0.717) is 12.5 Å². The van der Waals surface area contributed by atoms with Crippen LogP contribution in [0.3, 0.4) is 0 Å². The highest BCUT2D eigenvalue weighted by Crippen LogP contribution is 2.23. The summed E-state index contributed by atoms with van der Waals surface area (Å²) in [5.74, 6) is 0.0675. The van der Waals surface area contributed by atoms with Crippen LogP contribution in [-0.4, -0.2) is 41.5 Å². The molecule has 2 aromatic rings. The third-order valence-corrected chi connectivity index (χ3v) is 5.29. The molecule has 2 heterocycles. The summed E-state index contributed by atoms with van der Waals surface area (Å²) >= 11 is 1.59. The van der Waals surface area contributed by atoms with Crippen molar-refractivity contribution < 1.29 is 4.79 Å². The molecule has 3 rings (SSSR count). The quantitative estimate of drug-likeness (QED) is 0.886. The molecule has 0 saturated carbocycles. The van der Waals surface area contributed by atoms with Crippen LogP contribution in [0.5, 0.6) is 0 Å². The van der Waals surface area contributed by atoms with Gasteiger partial charge in [0, 0.05) is 23.5 Å². The summed E-state index contributed by atoms with van der Waals surface area (Å²) in [4.78, 5) is 19.2. The van der Waals surface area contributed by atoms with E-state index in [1.165, 1.54) is 12.8 Å². The first-order chi connectivity index (χ1) is 11.3. The van der Waals surface area contributed by atoms with Crippen molar-refractivity contribution in [2.45, 2.75) is 32.2 Å². The Kier molecular flexibility index (Phi) is 5.41. The van der Waals surface area contributed by atoms with Crippen molar-refractivity contribution in [3.8, 4) is 10.6 Å². The number of likely N-dealkylation sites (tertiary alicyclic amines) is 1. The fourth-order valence-electron chi connectivity index (χ4n) is 3.10. The number of nitrogens with zero attached hydrogens (tertiary/aromatic N) is 2. The van der Waals surface area contributed by atoms with Crippen LogP contribution in [0.15, 0.2) is 35.7 Å². The number of nitrogens with one attached hydrogen (secondary N) is 1. The number of carbonyl (C=O) groups is 1. The van der Waals surface area contributed by atoms with Gasteiger partial charge < -0.3 is 5.32 Å². The zero-order chi connectivity index (χ0) is 16.1. The first-order valence-electron chi connectivity index (χ1n) is 8.27. The normalized spacial score (nSPS) is 18.2. The summed E-state index contributed by atoms with van der Waals surface area (Å²) < 4.78 is 0. The summed E-state index contributed by atoms with van der Waals surface area (Å²) in [5, 5.41) is 6.03. The molecule has 1 amide bonds. The van der Waals surface area contributed by atoms with E-state index in [4.69, 9.17) is 0 Å². The van der Waals surface area contributed by atoms with Gasteiger partial charge in [0.25, 0.3) is 0 Å². The monoisotopic (exact) mass is 329 g/mol. The third-order valence-electron chi connectivity index (χ3n) is 4.35. The van der Waals surface area contributed by atoms with E-state index in [1.54, 1.807) is 11.3 Å². The second-order valence-electron chi connectivity index (χ2n) is 5.92. The van der Waals surface area contributed by atoms with Crippen LogP contribution in [0.1, 0.15) is 25.5 Å². The summed E-state index contributed by atoms with van der Waals surface area (Å²) in [7, 11) is 0. The molecule has 5 heteroatoms. The van der Waals surface area contributed by atoms with Crippen molar-refractivity contribution in [1.82, 2.24) is 15.2 Å². The van der Waals surface area contributed by atoms with Crippen molar-refractivity contribution in [3.63, 3.8) is 0 Å². The summed E-state index contributed by atoms with van der Waals surface area (Å²) in [5.41, 5.74) is 1.96. The Morgan fingerprint density at radius 2 is 2.22 bits per heavy atom. The van der Waals surface area contributed by atoms with Gasteiger partial charge in [0.15, 0.2) is 0 Å². The number of aromatic nitrogens is 1. The van der Waals surface area contributed by atoms with Gasteiger partial charge in [-0.2, -0.15) is 0 Å². The minimum atomic E-state index is 0.0675. The molecule has 0 aliphatic carbocycles. The maximum atomic E-state index is 12.1. The van der Waals surface area contributed by atoms with E-state index in [9.17, 15) is 4.79 Å². The molecular formula is C18H23N3OS. The first-order valence-corrected chi connectivity index (χ1v) is 9.15. The van der Waals surface area contributed by atoms with Gasteiger partial charge in [0.2, 0.25) is 5.91 Å². The lowest BCUT2D eigenvalue weighted by Crippen LogP contribution is -2.40. The van der Waals surface area contributed by atoms with E-state index >= 15 is 0 Å². The molecule has 1 atom stereocenters. The third kappa shape index (κ3) is 4.18. The van der Waals surface area contributed by atoms with Crippen LogP contribution < -0.4 is 5.32 Å². The topological polar surface area (TPSA) is 45.2 Å². The Balaban J connectivity index is 1.51. The molecule has 1 aliphatic heterocycles. The minimum Gasteiger partial charge on any atom is -0.354 e. The van der Waals surface area contributed by atoms with Gasteiger partial charge in [0.1, 0.15) is 5.01 Å². The SMILES string of the molecule is CCN1CCC[C@H]1CNC(=O)Cc1csc(-c2ccccc2)n1. The van der Waals surface area contributed by atoms with Crippen molar-refractivity contribution in [3.05, 3.63) is 41.4 Å². The summed E-state index contributed by atoms with van der Waals surface area (Å²) in [6.07, 6.45) is 2.78. The van der Waals surface area contributed by atoms with E-state index in [1.807, 2.05) is 35.7 Å². The number of amides is 1. The number of hydrogen-bond donors (Lipinski definition) is 1. The molecule has 4 nitrogen and oxygen atoms in total. The first kappa shape index (κ1) is 16.1. The van der Waals surface area contributed by atoms with Crippen LogP contribution in [-0.2, 0) is 11.2 Å². The number of carbonyl (C=O) groups excluding carboxylic acids is 1. The van der Waals surface area contributed by atoms with Crippen molar-refractivity contribution in [2.75, 3.05) is 19.6 Å². The number of thiazole rings is 1. The van der Waals surface area contributed by atoms with Crippen molar-refractivity contribution >= 4 is 17.2 Å². The molecule has 1 aliphatic rings. The summed E-state index contributed by atoms with van der Waals surface area (Å²) in [6, 6.07) is 10.6. The number of rotatable bonds is 6. The van der Waals surface area contributed by atoms with Gasteiger partial charge in [-0.1, -0.05) is 37.3 Å². The Morgan fingerprint density at radius 3 is 3.00 bits per heavy atom. The highest BCUT2D eigenvalue weighted by atomic mass is 32.1. The molecule has 1 saturated heterocycles. The highest BCUT2D eigenvalue weighted by molar-refractivity contribution is 7.13. The Hall–Kier alpha value is -1.72. The zero-order valence-corrected chi connectivity index (χ0v) is 14.3. The molecule has 122 valence electrons. The average molecular weight is 329 g/mol. The van der Waals surface area contributed by atoms with E-state index in [0.717, 1.165) is 35.9 Å². The lowest BCUT2D eigenvalue weighted by molar-refractivity contribution is -0.120. The van der Waals surface area contributed by atoms with Gasteiger partial charge >= 0.3 is 0 Å². The smallest absolute Gasteiger partial charge is 0.226 e. The minimum absolute atomic E-state index is 0.0675. The van der Waals surface area contributed by atoms with Crippen LogP contribution in [0.4, 0.5) is 0 Å². The average Bonchev–Trinajstić information content (AvgIpc) is 3.22. The lowest BCUT2D eigenvalue weighted by atomic mass is 10.2. The Labute approximate surface area is 141 Å². The van der Waals surface area contributed by atoms with E-state index in [2.05, 4.69) is 22.1 Å². The Morgan fingerprint density at radius 1 is 1.39 bits per heavy atom. The largest absolute Gasteiger partial charge is 0.354 e. The van der Waals surface area contributed by atoms with Gasteiger partial charge in [-0.15, -0.1) is 11.3 Å². The maximum Gasteiger partial charge on any atom is 0.226 e. The molecule has 1 N–H and O–H groups in total. The molecule has 0 unspecified atom stereocenters. The van der Waals surface area contributed by atoms with Gasteiger partial charge in [0.05, 0.1) is 12.1 Å². The molecule has 0 bridgehead atoms. The predicted octanol–water partition coefficient (Wildman–Crippen LogP) is 2.95. The number of hydrogen-bond acceptors (Lipinski definition) is 4.